The highest BCUT2D eigenvalue weighted by Crippen LogP contribution is 2.75. The molecule has 0 spiro atoms. The predicted molar refractivity (Wildman–Crippen MR) is 207 cm³/mol. The molecule has 1 saturated heterocycles. The Morgan fingerprint density at radius 3 is 2.34 bits per heavy atom. The molecule has 4 fully saturated rings. The molecule has 10 nitrogen and oxygen atoms in total. The highest BCUT2D eigenvalue weighted by atomic mass is 16.5. The van der Waals surface area contributed by atoms with Crippen LogP contribution in [-0.2, 0) is 14.3 Å². The molecule has 4 aliphatic carbocycles. The molecule has 10 heteroatoms. The standard InChI is InChI=1S/C43H71N5O5/c1-25(2)27(5)38(9)18-19-40(11)28-14-15-31-39(10)21-52-23-43(31,29(28)16-17-41(40,12)32(38)36(50)51)20-30(33(39)53-22-42(13,44)37(6,7)8)48-34(45-24-46-48)35(49)47-26(3)4/h16,24-28,30-33H,14-15,17-23,44H2,1-13H3,(H,47,49)(H,50,51)/t27-,28+,30-,31+,32-,33+,38-,39-,40-,41+,42+,43+/m1/s1. The Kier molecular flexibility index (Phi) is 10.0. The Balaban J connectivity index is 1.48. The summed E-state index contributed by atoms with van der Waals surface area (Å²) in [5.74, 6) is 0.139. The number of aliphatic carboxylic acids is 1. The number of carbonyl (C=O) groups is 2. The first-order valence-corrected chi connectivity index (χ1v) is 20.5. The van der Waals surface area contributed by atoms with E-state index in [1.165, 1.54) is 11.9 Å². The maximum Gasteiger partial charge on any atom is 0.307 e. The van der Waals surface area contributed by atoms with Crippen molar-refractivity contribution in [3.8, 4) is 0 Å². The van der Waals surface area contributed by atoms with Crippen molar-refractivity contribution in [1.82, 2.24) is 20.1 Å². The van der Waals surface area contributed by atoms with Crippen molar-refractivity contribution < 1.29 is 24.2 Å². The molecule has 3 saturated carbocycles. The van der Waals surface area contributed by atoms with Crippen molar-refractivity contribution in [1.29, 1.82) is 0 Å². The highest BCUT2D eigenvalue weighted by Gasteiger charge is 2.72. The lowest BCUT2D eigenvalue weighted by atomic mass is 9.34. The zero-order chi connectivity index (χ0) is 39.3. The summed E-state index contributed by atoms with van der Waals surface area (Å²) in [5.41, 5.74) is 5.98. The fourth-order valence-electron chi connectivity index (χ4n) is 12.6. The van der Waals surface area contributed by atoms with Gasteiger partial charge in [0.15, 0.2) is 0 Å². The zero-order valence-corrected chi connectivity index (χ0v) is 35.1. The second-order valence-corrected chi connectivity index (χ2v) is 21.2. The molecule has 0 unspecified atom stereocenters. The van der Waals surface area contributed by atoms with Gasteiger partial charge in [-0.2, -0.15) is 5.10 Å². The first kappa shape index (κ1) is 40.4. The number of fused-ring (bicyclic) bond motifs is 3. The number of carboxylic acid groups (broad SMARTS) is 1. The number of hydrogen-bond acceptors (Lipinski definition) is 7. The third-order valence-electron chi connectivity index (χ3n) is 16.9. The Hall–Kier alpha value is -2.30. The molecule has 1 amide bonds. The molecule has 5 aliphatic rings. The van der Waals surface area contributed by atoms with Gasteiger partial charge in [-0.15, -0.1) is 0 Å². The van der Waals surface area contributed by atoms with E-state index in [0.717, 1.165) is 32.1 Å². The van der Waals surface area contributed by atoms with Crippen molar-refractivity contribution in [3.63, 3.8) is 0 Å². The highest BCUT2D eigenvalue weighted by molar-refractivity contribution is 5.90. The van der Waals surface area contributed by atoms with Gasteiger partial charge in [0.25, 0.3) is 5.91 Å². The fourth-order valence-corrected chi connectivity index (χ4v) is 12.6. The van der Waals surface area contributed by atoms with E-state index in [2.05, 4.69) is 92.5 Å². The average molecular weight is 738 g/mol. The van der Waals surface area contributed by atoms with E-state index >= 15 is 0 Å². The van der Waals surface area contributed by atoms with E-state index in [0.29, 0.717) is 38.0 Å². The minimum atomic E-state index is -0.649. The molecule has 12 atom stereocenters. The van der Waals surface area contributed by atoms with Gasteiger partial charge in [-0.3, -0.25) is 9.59 Å². The van der Waals surface area contributed by atoms with Gasteiger partial charge in [0, 0.05) is 22.4 Å². The third-order valence-corrected chi connectivity index (χ3v) is 16.9. The van der Waals surface area contributed by atoms with Crippen LogP contribution in [0.25, 0.3) is 0 Å². The second kappa shape index (κ2) is 13.1. The van der Waals surface area contributed by atoms with Crippen LogP contribution in [0, 0.1) is 62.1 Å². The summed E-state index contributed by atoms with van der Waals surface area (Å²) in [5, 5.41) is 18.9. The van der Waals surface area contributed by atoms with E-state index in [1.54, 1.807) is 0 Å². The van der Waals surface area contributed by atoms with E-state index in [-0.39, 0.29) is 63.5 Å². The SMILES string of the molecule is CC(C)NC(=O)c1ncnn1[C@@H]1C[C@@]23COC[C@](C)([C@@H]2CC[C@H]2C3=CC[C@@]3(C)[C@H](C(=O)O)[C@@](C)([C@H](C)C(C)C)CC[C@]23C)[C@H]1OC[C@](C)(N)C(C)(C)C. The number of ether oxygens (including phenoxy) is 2. The van der Waals surface area contributed by atoms with Crippen molar-refractivity contribution in [2.24, 2.45) is 67.8 Å². The van der Waals surface area contributed by atoms with E-state index in [9.17, 15) is 14.7 Å². The summed E-state index contributed by atoms with van der Waals surface area (Å²) in [4.78, 5) is 31.7. The van der Waals surface area contributed by atoms with Crippen LogP contribution in [-0.4, -0.2) is 69.3 Å². The zero-order valence-electron chi connectivity index (χ0n) is 35.1. The van der Waals surface area contributed by atoms with Gasteiger partial charge < -0.3 is 25.6 Å². The molecule has 4 N–H and O–H groups in total. The number of aromatic nitrogens is 3. The largest absolute Gasteiger partial charge is 0.481 e. The van der Waals surface area contributed by atoms with Gasteiger partial charge in [0.2, 0.25) is 5.82 Å². The predicted octanol–water partition coefficient (Wildman–Crippen LogP) is 7.69. The van der Waals surface area contributed by atoms with E-state index < -0.39 is 28.3 Å². The topological polar surface area (TPSA) is 142 Å². The smallest absolute Gasteiger partial charge is 0.307 e. The lowest BCUT2D eigenvalue weighted by molar-refractivity contribution is -0.253. The summed E-state index contributed by atoms with van der Waals surface area (Å²) in [6, 6.07) is -0.346. The van der Waals surface area contributed by atoms with Crippen molar-refractivity contribution in [3.05, 3.63) is 23.8 Å². The number of hydrogen-bond donors (Lipinski definition) is 3. The molecule has 1 aromatic heterocycles. The first-order chi connectivity index (χ1) is 24.4. The lowest BCUT2D eigenvalue weighted by Gasteiger charge is -2.71. The maximum atomic E-state index is 13.7. The molecule has 6 rings (SSSR count). The minimum absolute atomic E-state index is 0.0545. The van der Waals surface area contributed by atoms with Crippen LogP contribution in [0.2, 0.25) is 0 Å². The maximum absolute atomic E-state index is 13.7. The molecule has 298 valence electrons. The Bertz CT molecular complexity index is 1610. The van der Waals surface area contributed by atoms with Gasteiger partial charge in [0.1, 0.15) is 6.33 Å². The molecule has 53 heavy (non-hydrogen) atoms. The number of nitrogens with one attached hydrogen (secondary N) is 1. The average Bonchev–Trinajstić information content (AvgIpc) is 3.53. The van der Waals surface area contributed by atoms with Gasteiger partial charge in [-0.05, 0) is 105 Å². The Morgan fingerprint density at radius 1 is 1.06 bits per heavy atom. The molecular weight excluding hydrogens is 667 g/mol. The molecule has 1 aliphatic heterocycles. The normalized spacial score (nSPS) is 41.4. The fraction of sp³-hybridized carbons (Fsp3) is 0.860. The Labute approximate surface area is 319 Å². The van der Waals surface area contributed by atoms with Gasteiger partial charge in [-0.25, -0.2) is 9.67 Å². The van der Waals surface area contributed by atoms with E-state index in [4.69, 9.17) is 20.3 Å². The third kappa shape index (κ3) is 5.88. The lowest BCUT2D eigenvalue weighted by Crippen LogP contribution is -2.69. The van der Waals surface area contributed by atoms with Crippen LogP contribution in [0.3, 0.4) is 0 Å². The number of amides is 1. The number of allylic oxidation sites excluding steroid dienone is 1. The Morgan fingerprint density at radius 2 is 1.74 bits per heavy atom. The number of carbonyl (C=O) groups excluding carboxylic acids is 1. The van der Waals surface area contributed by atoms with Crippen LogP contribution in [0.15, 0.2) is 18.0 Å². The van der Waals surface area contributed by atoms with Crippen molar-refractivity contribution in [2.75, 3.05) is 19.8 Å². The number of rotatable bonds is 9. The summed E-state index contributed by atoms with van der Waals surface area (Å²) in [6.07, 6.45) is 8.98. The minimum Gasteiger partial charge on any atom is -0.481 e. The molecule has 2 heterocycles. The number of nitrogens with zero attached hydrogens (tertiary/aromatic N) is 3. The molecular formula is C43H71N5O5. The van der Waals surface area contributed by atoms with Crippen LogP contribution < -0.4 is 11.1 Å². The molecule has 2 bridgehead atoms. The molecule has 0 radical (unpaired) electrons. The van der Waals surface area contributed by atoms with Crippen molar-refractivity contribution in [2.45, 2.75) is 152 Å². The van der Waals surface area contributed by atoms with Gasteiger partial charge in [0.05, 0.1) is 37.9 Å². The second-order valence-electron chi connectivity index (χ2n) is 21.2. The van der Waals surface area contributed by atoms with Crippen molar-refractivity contribution >= 4 is 11.9 Å². The first-order valence-electron chi connectivity index (χ1n) is 20.5. The summed E-state index contributed by atoms with van der Waals surface area (Å²) in [6.45, 7) is 30.0. The summed E-state index contributed by atoms with van der Waals surface area (Å²) >= 11 is 0. The number of nitrogens with two attached hydrogens (primary N) is 1. The van der Waals surface area contributed by atoms with Crippen LogP contribution in [0.4, 0.5) is 0 Å². The summed E-state index contributed by atoms with van der Waals surface area (Å²) < 4.78 is 15.7. The van der Waals surface area contributed by atoms with Crippen LogP contribution >= 0.6 is 0 Å². The quantitative estimate of drug-likeness (QED) is 0.219. The van der Waals surface area contributed by atoms with Gasteiger partial charge >= 0.3 is 5.97 Å². The summed E-state index contributed by atoms with van der Waals surface area (Å²) in [7, 11) is 0. The monoisotopic (exact) mass is 738 g/mol. The van der Waals surface area contributed by atoms with Crippen LogP contribution in [0.1, 0.15) is 145 Å². The van der Waals surface area contributed by atoms with Crippen LogP contribution in [0.5, 0.6) is 0 Å². The molecule has 1 aromatic rings. The molecule has 0 aromatic carbocycles. The van der Waals surface area contributed by atoms with E-state index in [1.807, 2.05) is 18.5 Å². The number of carboxylic acids is 1. The van der Waals surface area contributed by atoms with Gasteiger partial charge in [-0.1, -0.05) is 80.9 Å².